The number of nitrogens with zero attached hydrogens (tertiary/aromatic N) is 4. The first kappa shape index (κ1) is 20.8. The third kappa shape index (κ3) is 4.71. The summed E-state index contributed by atoms with van der Waals surface area (Å²) >= 11 is 1.70. The van der Waals surface area contributed by atoms with Crippen LogP contribution in [0.25, 0.3) is 93.0 Å². The van der Waals surface area contributed by atoms with Crippen molar-refractivity contribution in [2.24, 2.45) is 0 Å². The molecule has 0 aliphatic carbocycles. The molecule has 0 N–H and O–H groups in total. The summed E-state index contributed by atoms with van der Waals surface area (Å²) in [5.74, 6) is 1.50. The van der Waals surface area contributed by atoms with Crippen LogP contribution < -0.4 is 0 Å². The van der Waals surface area contributed by atoms with Gasteiger partial charge in [0.25, 0.3) is 0 Å². The highest BCUT2D eigenvalue weighted by Crippen LogP contribution is 2.40. The van der Waals surface area contributed by atoms with Crippen molar-refractivity contribution in [3.05, 3.63) is 170 Å². The second-order valence-corrected chi connectivity index (χ2v) is 12.8. The van der Waals surface area contributed by atoms with Crippen LogP contribution >= 0.6 is 11.3 Å². The number of rotatable bonds is 5. The van der Waals surface area contributed by atoms with Gasteiger partial charge in [-0.25, -0.2) is 15.0 Å². The molecule has 0 aliphatic heterocycles. The minimum atomic E-state index is -0.503. The predicted octanol–water partition coefficient (Wildman–Crippen LogP) is 12.0. The average molecular weight is 666 g/mol. The third-order valence-corrected chi connectivity index (χ3v) is 10.1. The highest BCUT2D eigenvalue weighted by molar-refractivity contribution is 7.26. The molecule has 234 valence electrons. The van der Waals surface area contributed by atoms with Gasteiger partial charge in [-0.1, -0.05) is 115 Å². The van der Waals surface area contributed by atoms with E-state index in [1.54, 1.807) is 34.1 Å². The van der Waals surface area contributed by atoms with Gasteiger partial charge < -0.3 is 4.57 Å². The summed E-state index contributed by atoms with van der Waals surface area (Å²) in [6.07, 6.45) is 0. The fraction of sp³-hybridized carbons (Fsp3) is 0. The summed E-state index contributed by atoms with van der Waals surface area (Å²) in [5, 5.41) is 2.97. The minimum absolute atomic E-state index is 0.000768. The van der Waals surface area contributed by atoms with Crippen LogP contribution in [-0.4, -0.2) is 19.5 Å². The molecule has 50 heavy (non-hydrogen) atoms. The lowest BCUT2D eigenvalue weighted by molar-refractivity contribution is 1.08. The Hall–Kier alpha value is -6.43. The van der Waals surface area contributed by atoms with E-state index in [9.17, 15) is 0 Å². The van der Waals surface area contributed by atoms with Gasteiger partial charge in [0, 0.05) is 53.3 Å². The smallest absolute Gasteiger partial charge is 0.165 e. The second kappa shape index (κ2) is 11.6. The largest absolute Gasteiger partial charge is 0.309 e. The Morgan fingerprint density at radius 2 is 1.14 bits per heavy atom. The van der Waals surface area contributed by atoms with Crippen LogP contribution in [0.1, 0.15) is 12.3 Å². The summed E-state index contributed by atoms with van der Waals surface area (Å²) in [7, 11) is 0. The first-order valence-corrected chi connectivity index (χ1v) is 16.8. The molecule has 7 aromatic carbocycles. The molecule has 0 aliphatic rings. The van der Waals surface area contributed by atoms with E-state index in [2.05, 4.69) is 18.2 Å². The molecule has 4 nitrogen and oxygen atoms in total. The maximum Gasteiger partial charge on any atom is 0.165 e. The topological polar surface area (TPSA) is 43.6 Å². The monoisotopic (exact) mass is 665 g/mol. The molecule has 0 amide bonds. The number of thiophene rings is 1. The zero-order chi connectivity index (χ0) is 40.9. The molecular weight excluding hydrogens is 629 g/mol. The fourth-order valence-corrected chi connectivity index (χ4v) is 7.77. The highest BCUT2D eigenvalue weighted by atomic mass is 32.1. The molecular formula is C45H28N4S. The zero-order valence-electron chi connectivity index (χ0n) is 35.2. The lowest BCUT2D eigenvalue weighted by atomic mass is 10.0. The van der Waals surface area contributed by atoms with Gasteiger partial charge in [0.15, 0.2) is 17.5 Å². The highest BCUT2D eigenvalue weighted by Gasteiger charge is 2.18. The van der Waals surface area contributed by atoms with E-state index in [0.29, 0.717) is 45.2 Å². The van der Waals surface area contributed by atoms with Crippen molar-refractivity contribution in [1.29, 1.82) is 0 Å². The molecule has 0 fully saturated rings. The summed E-state index contributed by atoms with van der Waals surface area (Å²) in [4.78, 5) is 15.0. The van der Waals surface area contributed by atoms with Crippen molar-refractivity contribution >= 4 is 53.3 Å². The van der Waals surface area contributed by atoms with E-state index in [-0.39, 0.29) is 40.6 Å². The van der Waals surface area contributed by atoms with Crippen molar-refractivity contribution in [2.45, 2.75) is 0 Å². The van der Waals surface area contributed by atoms with Crippen molar-refractivity contribution < 1.29 is 12.3 Å². The summed E-state index contributed by atoms with van der Waals surface area (Å²) < 4.78 is 80.8. The van der Waals surface area contributed by atoms with Crippen LogP contribution in [0.15, 0.2) is 170 Å². The number of aromatic nitrogens is 4. The molecule has 0 atom stereocenters. The predicted molar refractivity (Wildman–Crippen MR) is 209 cm³/mol. The summed E-state index contributed by atoms with van der Waals surface area (Å²) in [6.45, 7) is 0. The second-order valence-electron chi connectivity index (χ2n) is 11.8. The van der Waals surface area contributed by atoms with Gasteiger partial charge in [0.2, 0.25) is 0 Å². The van der Waals surface area contributed by atoms with E-state index < -0.39 is 30.2 Å². The molecule has 0 unspecified atom stereocenters. The van der Waals surface area contributed by atoms with Crippen LogP contribution in [-0.2, 0) is 0 Å². The van der Waals surface area contributed by atoms with Crippen LogP contribution in [0.5, 0.6) is 0 Å². The van der Waals surface area contributed by atoms with Crippen LogP contribution in [0.2, 0.25) is 0 Å². The van der Waals surface area contributed by atoms with Crippen molar-refractivity contribution in [3.63, 3.8) is 0 Å². The van der Waals surface area contributed by atoms with Crippen molar-refractivity contribution in [3.8, 4) is 51.0 Å². The molecule has 5 heteroatoms. The van der Waals surface area contributed by atoms with Crippen molar-refractivity contribution in [1.82, 2.24) is 19.5 Å². The number of benzene rings is 7. The van der Waals surface area contributed by atoms with Gasteiger partial charge in [0.05, 0.1) is 23.4 Å². The Bertz CT molecular complexity index is 3350. The van der Waals surface area contributed by atoms with Crippen LogP contribution in [0.4, 0.5) is 0 Å². The SMILES string of the molecule is [2H]c1c([2H])c([2H])c(-c2ccc3c(c2)c2c([2H])c([2H])c([2H])c([2H])c2n3-c2ccc(-c3nc(-c4ccccc4)nc(-c4cccc5c4sc4ccccc45)n3)cc2)c([2H])c1[2H]. The summed E-state index contributed by atoms with van der Waals surface area (Å²) in [6, 6.07) is 33.1. The Morgan fingerprint density at radius 1 is 0.460 bits per heavy atom. The van der Waals surface area contributed by atoms with Gasteiger partial charge in [0.1, 0.15) is 0 Å². The van der Waals surface area contributed by atoms with Crippen LogP contribution in [0, 0.1) is 0 Å². The van der Waals surface area contributed by atoms with Gasteiger partial charge >= 0.3 is 0 Å². The Labute approximate surface area is 305 Å². The van der Waals surface area contributed by atoms with Gasteiger partial charge in [-0.2, -0.15) is 0 Å². The molecule has 3 aromatic heterocycles. The lowest BCUT2D eigenvalue weighted by Crippen LogP contribution is -2.00. The maximum absolute atomic E-state index is 9.03. The molecule has 0 radical (unpaired) electrons. The van der Waals surface area contributed by atoms with Crippen LogP contribution in [0.3, 0.4) is 0 Å². The standard InChI is InChI=1S/C45H28N4S/c1-3-12-29(13-4-1)32-24-27-40-38(28-32)34-16-7-9-20-39(34)49(40)33-25-22-31(23-26-33)44-46-43(30-14-5-2-6-15-30)47-45(48-44)37-19-11-18-36-35-17-8-10-21-41(35)50-42(36)37/h1-28H/i1D,3D,4D,7D,9D,12D,13D,16D,20D. The lowest BCUT2D eigenvalue weighted by Gasteiger charge is -2.11. The van der Waals surface area contributed by atoms with Gasteiger partial charge in [-0.05, 0) is 65.7 Å². The quantitative estimate of drug-likeness (QED) is 0.184. The first-order valence-electron chi connectivity index (χ1n) is 20.5. The Morgan fingerprint density at radius 3 is 1.98 bits per heavy atom. The zero-order valence-corrected chi connectivity index (χ0v) is 27.0. The van der Waals surface area contributed by atoms with E-state index in [0.717, 1.165) is 21.2 Å². The third-order valence-electron chi connectivity index (χ3n) is 8.88. The molecule has 3 heterocycles. The van der Waals surface area contributed by atoms with E-state index in [1.165, 1.54) is 10.1 Å². The van der Waals surface area contributed by atoms with Gasteiger partial charge in [-0.3, -0.25) is 0 Å². The number of hydrogen-bond donors (Lipinski definition) is 0. The molecule has 0 spiro atoms. The summed E-state index contributed by atoms with van der Waals surface area (Å²) in [5.41, 5.74) is 4.12. The normalized spacial score (nSPS) is 14.1. The fourth-order valence-electron chi connectivity index (χ4n) is 6.56. The molecule has 0 saturated carbocycles. The number of para-hydroxylation sites is 1. The Balaban J connectivity index is 1.16. The Kier molecular flexibility index (Phi) is 4.84. The van der Waals surface area contributed by atoms with E-state index >= 15 is 0 Å². The maximum atomic E-state index is 9.03. The number of fused-ring (bicyclic) bond motifs is 6. The minimum Gasteiger partial charge on any atom is -0.309 e. The first-order chi connectivity index (χ1) is 28.5. The number of hydrogen-bond acceptors (Lipinski definition) is 4. The molecule has 10 aromatic rings. The van der Waals surface area contributed by atoms with Crippen molar-refractivity contribution in [2.75, 3.05) is 0 Å². The van der Waals surface area contributed by atoms with Gasteiger partial charge in [-0.15, -0.1) is 11.3 Å². The molecule has 0 bridgehead atoms. The van der Waals surface area contributed by atoms with E-state index in [1.807, 2.05) is 78.9 Å². The molecule has 0 saturated heterocycles. The molecule has 10 rings (SSSR count). The van der Waals surface area contributed by atoms with E-state index in [4.69, 9.17) is 27.3 Å². The average Bonchev–Trinajstić information content (AvgIpc) is 3.83.